The van der Waals surface area contributed by atoms with Crippen LogP contribution in [0.25, 0.3) is 11.3 Å². The molecule has 3 heteroatoms. The molecule has 3 aromatic rings. The van der Waals surface area contributed by atoms with Crippen LogP contribution in [0.3, 0.4) is 0 Å². The van der Waals surface area contributed by atoms with Crippen molar-refractivity contribution >= 4 is 11.6 Å². The average molecular weight is 379 g/mol. The van der Waals surface area contributed by atoms with Crippen LogP contribution in [0.2, 0.25) is 5.15 Å². The third-order valence-corrected chi connectivity index (χ3v) is 5.03. The summed E-state index contributed by atoms with van der Waals surface area (Å²) in [4.78, 5) is 9.35. The molecule has 140 valence electrons. The Balaban J connectivity index is 1.82. The van der Waals surface area contributed by atoms with Crippen LogP contribution in [0.15, 0.2) is 60.7 Å². The van der Waals surface area contributed by atoms with Gasteiger partial charge in [-0.15, -0.1) is 0 Å². The van der Waals surface area contributed by atoms with Crippen molar-refractivity contribution in [3.8, 4) is 11.3 Å². The summed E-state index contributed by atoms with van der Waals surface area (Å²) in [5, 5.41) is 0.542. The first kappa shape index (κ1) is 19.6. The van der Waals surface area contributed by atoms with Gasteiger partial charge in [-0.1, -0.05) is 82.6 Å². The number of hydrogen-bond donors (Lipinski definition) is 0. The first-order chi connectivity index (χ1) is 12.6. The lowest BCUT2D eigenvalue weighted by Gasteiger charge is -2.24. The highest BCUT2D eigenvalue weighted by atomic mass is 35.5. The summed E-state index contributed by atoms with van der Waals surface area (Å²) in [5.41, 5.74) is 5.52. The summed E-state index contributed by atoms with van der Waals surface area (Å²) in [6.45, 7) is 11.0. The van der Waals surface area contributed by atoms with E-state index in [0.717, 1.165) is 29.1 Å². The summed E-state index contributed by atoms with van der Waals surface area (Å²) in [6, 6.07) is 20.8. The van der Waals surface area contributed by atoms with Crippen molar-refractivity contribution in [1.82, 2.24) is 9.97 Å². The lowest BCUT2D eigenvalue weighted by molar-refractivity contribution is 0.505. The molecule has 0 saturated heterocycles. The van der Waals surface area contributed by atoms with Gasteiger partial charge in [0.25, 0.3) is 0 Å². The van der Waals surface area contributed by atoms with Crippen LogP contribution in [0, 0.1) is 0 Å². The predicted octanol–water partition coefficient (Wildman–Crippen LogP) is 6.61. The van der Waals surface area contributed by atoms with Gasteiger partial charge >= 0.3 is 0 Å². The highest BCUT2D eigenvalue weighted by Crippen LogP contribution is 2.29. The zero-order chi connectivity index (χ0) is 19.7. The molecule has 2 aromatic heterocycles. The van der Waals surface area contributed by atoms with E-state index in [2.05, 4.69) is 82.1 Å². The van der Waals surface area contributed by atoms with Crippen LogP contribution < -0.4 is 0 Å². The molecule has 0 amide bonds. The van der Waals surface area contributed by atoms with E-state index in [-0.39, 0.29) is 10.8 Å². The van der Waals surface area contributed by atoms with Gasteiger partial charge in [-0.3, -0.25) is 4.98 Å². The summed E-state index contributed by atoms with van der Waals surface area (Å²) in [6.07, 6.45) is 0.899. The topological polar surface area (TPSA) is 25.8 Å². The molecule has 3 rings (SSSR count). The first-order valence-corrected chi connectivity index (χ1v) is 9.73. The molecule has 0 fully saturated rings. The van der Waals surface area contributed by atoms with Gasteiger partial charge in [-0.25, -0.2) is 4.98 Å². The molecule has 0 spiro atoms. The normalized spacial score (nSPS) is 12.2. The van der Waals surface area contributed by atoms with E-state index in [1.165, 1.54) is 5.56 Å². The van der Waals surface area contributed by atoms with Crippen molar-refractivity contribution in [3.05, 3.63) is 82.8 Å². The van der Waals surface area contributed by atoms with Crippen molar-refractivity contribution in [3.63, 3.8) is 0 Å². The summed E-state index contributed by atoms with van der Waals surface area (Å²) in [7, 11) is 0. The third kappa shape index (κ3) is 4.75. The van der Waals surface area contributed by atoms with Gasteiger partial charge in [0, 0.05) is 27.8 Å². The minimum Gasteiger partial charge on any atom is -0.252 e. The zero-order valence-electron chi connectivity index (χ0n) is 16.8. The zero-order valence-corrected chi connectivity index (χ0v) is 17.5. The molecular weight excluding hydrogens is 352 g/mol. The number of pyridine rings is 2. The molecule has 0 aliphatic rings. The van der Waals surface area contributed by atoms with Gasteiger partial charge in [0.1, 0.15) is 5.15 Å². The fourth-order valence-corrected chi connectivity index (χ4v) is 3.36. The van der Waals surface area contributed by atoms with Crippen molar-refractivity contribution in [2.75, 3.05) is 0 Å². The smallest absolute Gasteiger partial charge is 0.129 e. The lowest BCUT2D eigenvalue weighted by Crippen LogP contribution is -2.22. The molecular formula is C24H27ClN2. The average Bonchev–Trinajstić information content (AvgIpc) is 2.61. The van der Waals surface area contributed by atoms with Crippen LogP contribution in [0.5, 0.6) is 0 Å². The van der Waals surface area contributed by atoms with E-state index in [1.807, 2.05) is 18.2 Å². The van der Waals surface area contributed by atoms with E-state index >= 15 is 0 Å². The Bertz CT molecular complexity index is 922. The second-order valence-electron chi connectivity index (χ2n) is 8.76. The van der Waals surface area contributed by atoms with Gasteiger partial charge in [0.2, 0.25) is 0 Å². The van der Waals surface area contributed by atoms with Gasteiger partial charge in [-0.05, 0) is 36.2 Å². The van der Waals surface area contributed by atoms with Crippen LogP contribution >= 0.6 is 11.6 Å². The van der Waals surface area contributed by atoms with Crippen LogP contribution in [0.4, 0.5) is 0 Å². The van der Waals surface area contributed by atoms with E-state index in [1.54, 1.807) is 0 Å². The quantitative estimate of drug-likeness (QED) is 0.477. The Kier molecular flexibility index (Phi) is 5.39. The number of hydrogen-bond acceptors (Lipinski definition) is 2. The molecule has 0 aliphatic carbocycles. The molecule has 1 aromatic carbocycles. The van der Waals surface area contributed by atoms with Gasteiger partial charge in [-0.2, -0.15) is 0 Å². The minimum absolute atomic E-state index is 0.0456. The maximum Gasteiger partial charge on any atom is 0.129 e. The Labute approximate surface area is 167 Å². The fourth-order valence-electron chi connectivity index (χ4n) is 3.19. The number of aromatic nitrogens is 2. The van der Waals surface area contributed by atoms with Crippen molar-refractivity contribution in [2.24, 2.45) is 0 Å². The Morgan fingerprint density at radius 2 is 1.37 bits per heavy atom. The molecule has 27 heavy (non-hydrogen) atoms. The van der Waals surface area contributed by atoms with E-state index in [0.29, 0.717) is 5.15 Å². The molecule has 0 N–H and O–H groups in total. The van der Waals surface area contributed by atoms with Crippen LogP contribution in [-0.4, -0.2) is 9.97 Å². The van der Waals surface area contributed by atoms with Crippen LogP contribution in [-0.2, 0) is 17.3 Å². The monoisotopic (exact) mass is 378 g/mol. The maximum absolute atomic E-state index is 6.07. The third-order valence-electron chi connectivity index (χ3n) is 4.82. The number of halogens is 1. The molecule has 0 saturated carbocycles. The molecule has 2 nitrogen and oxygen atoms in total. The Hall–Kier alpha value is -2.19. The summed E-state index contributed by atoms with van der Waals surface area (Å²) in [5.74, 6) is 0. The largest absolute Gasteiger partial charge is 0.252 e. The highest BCUT2D eigenvalue weighted by molar-refractivity contribution is 6.29. The van der Waals surface area contributed by atoms with Gasteiger partial charge in [0.05, 0.1) is 5.69 Å². The lowest BCUT2D eigenvalue weighted by atomic mass is 9.82. The van der Waals surface area contributed by atoms with Crippen molar-refractivity contribution < 1.29 is 0 Å². The second-order valence-corrected chi connectivity index (χ2v) is 9.15. The van der Waals surface area contributed by atoms with Gasteiger partial charge in [0.15, 0.2) is 0 Å². The SMILES string of the molecule is CC(C)(C)c1cccc(-c2ccc(CC(C)(C)c3cccc(Cl)n3)cc2)n1. The molecule has 0 aliphatic heterocycles. The summed E-state index contributed by atoms with van der Waals surface area (Å²) >= 11 is 6.07. The summed E-state index contributed by atoms with van der Waals surface area (Å²) < 4.78 is 0. The predicted molar refractivity (Wildman–Crippen MR) is 114 cm³/mol. The highest BCUT2D eigenvalue weighted by Gasteiger charge is 2.23. The van der Waals surface area contributed by atoms with E-state index < -0.39 is 0 Å². The number of rotatable bonds is 4. The van der Waals surface area contributed by atoms with Gasteiger partial charge < -0.3 is 0 Å². The van der Waals surface area contributed by atoms with E-state index in [9.17, 15) is 0 Å². The molecule has 0 atom stereocenters. The molecule has 0 bridgehead atoms. The molecule has 2 heterocycles. The number of benzene rings is 1. The number of nitrogens with zero attached hydrogens (tertiary/aromatic N) is 2. The second kappa shape index (κ2) is 7.44. The van der Waals surface area contributed by atoms with Crippen molar-refractivity contribution in [1.29, 1.82) is 0 Å². The standard InChI is InChI=1S/C24H27ClN2/c1-23(2,3)20-9-6-8-19(26-20)18-14-12-17(13-15-18)16-24(4,5)21-10-7-11-22(25)27-21/h6-15H,16H2,1-5H3. The molecule has 0 radical (unpaired) electrons. The van der Waals surface area contributed by atoms with E-state index in [4.69, 9.17) is 16.6 Å². The maximum atomic E-state index is 6.07. The first-order valence-electron chi connectivity index (χ1n) is 9.35. The van der Waals surface area contributed by atoms with Crippen molar-refractivity contribution in [2.45, 2.75) is 51.9 Å². The minimum atomic E-state index is -0.0865. The molecule has 0 unspecified atom stereocenters. The fraction of sp³-hybridized carbons (Fsp3) is 0.333. The van der Waals surface area contributed by atoms with Crippen LogP contribution in [0.1, 0.15) is 51.6 Å². The Morgan fingerprint density at radius 1 is 0.741 bits per heavy atom. The Morgan fingerprint density at radius 3 is 2.00 bits per heavy atom.